The Morgan fingerprint density at radius 3 is 1.36 bits per heavy atom. The van der Waals surface area contributed by atoms with Gasteiger partial charge in [0.25, 0.3) is 0 Å². The Kier molecular flexibility index (Phi) is 3.59. The fraction of sp³-hybridized carbons (Fsp3) is 0.333. The summed E-state index contributed by atoms with van der Waals surface area (Å²) in [6.07, 6.45) is -1.39. The number of aliphatic hydroxyl groups excluding tert-OH is 2. The third-order valence-corrected chi connectivity index (χ3v) is 4.70. The van der Waals surface area contributed by atoms with Crippen molar-refractivity contribution in [1.29, 1.82) is 0 Å². The number of hydrogen-bond acceptors (Lipinski definition) is 4. The molecular weight excluding hydrogens is 280 g/mol. The molecule has 0 aromatic heterocycles. The third kappa shape index (κ3) is 2.25. The number of rotatable bonds is 2. The number of aromatic hydroxyl groups is 2. The summed E-state index contributed by atoms with van der Waals surface area (Å²) >= 11 is 0. The van der Waals surface area contributed by atoms with Gasteiger partial charge in [-0.05, 0) is 60.4 Å². The van der Waals surface area contributed by atoms with E-state index in [-0.39, 0.29) is 23.3 Å². The van der Waals surface area contributed by atoms with Crippen molar-refractivity contribution in [1.82, 2.24) is 0 Å². The molecule has 1 fully saturated rings. The Morgan fingerprint density at radius 2 is 1.05 bits per heavy atom. The number of phenols is 2. The van der Waals surface area contributed by atoms with Crippen LogP contribution >= 0.6 is 0 Å². The lowest BCUT2D eigenvalue weighted by Crippen LogP contribution is -2.52. The summed E-state index contributed by atoms with van der Waals surface area (Å²) in [5, 5.41) is 40.1. The molecule has 116 valence electrons. The predicted molar refractivity (Wildman–Crippen MR) is 83.2 cm³/mol. The zero-order valence-electron chi connectivity index (χ0n) is 12.6. The molecule has 3 rings (SSSR count). The number of aliphatic hydroxyl groups is 2. The van der Waals surface area contributed by atoms with Gasteiger partial charge < -0.3 is 20.4 Å². The van der Waals surface area contributed by atoms with Crippen LogP contribution in [-0.4, -0.2) is 32.6 Å². The van der Waals surface area contributed by atoms with E-state index in [4.69, 9.17) is 0 Å². The lowest BCUT2D eigenvalue weighted by Gasteiger charge is -2.48. The molecule has 0 saturated heterocycles. The summed E-state index contributed by atoms with van der Waals surface area (Å²) in [5.41, 5.74) is 3.41. The summed E-state index contributed by atoms with van der Waals surface area (Å²) < 4.78 is 0. The first-order valence-electron chi connectivity index (χ1n) is 7.35. The standard InChI is InChI=1S/C18H20O4/c1-9-7-11(19)3-5-13(9)15-17(21)16(18(15)22)14-6-4-12(20)8-10(14)2/h3-8,15-22H,1-2H3. The Bertz CT molecular complexity index is 641. The molecule has 0 atom stereocenters. The summed E-state index contributed by atoms with van der Waals surface area (Å²) in [4.78, 5) is 0. The Balaban J connectivity index is 1.91. The van der Waals surface area contributed by atoms with Crippen molar-refractivity contribution >= 4 is 0 Å². The van der Waals surface area contributed by atoms with Gasteiger partial charge in [0.15, 0.2) is 0 Å². The van der Waals surface area contributed by atoms with Crippen molar-refractivity contribution in [3.8, 4) is 11.5 Å². The van der Waals surface area contributed by atoms with E-state index in [1.54, 1.807) is 36.4 Å². The van der Waals surface area contributed by atoms with Gasteiger partial charge in [-0.15, -0.1) is 0 Å². The molecule has 0 unspecified atom stereocenters. The first-order valence-corrected chi connectivity index (χ1v) is 7.35. The molecule has 0 amide bonds. The quantitative estimate of drug-likeness (QED) is 0.686. The molecular formula is C18H20O4. The van der Waals surface area contributed by atoms with E-state index in [9.17, 15) is 20.4 Å². The van der Waals surface area contributed by atoms with Crippen LogP contribution in [0.3, 0.4) is 0 Å². The number of aryl methyl sites for hydroxylation is 2. The maximum atomic E-state index is 10.5. The summed E-state index contributed by atoms with van der Waals surface area (Å²) in [6.45, 7) is 3.71. The van der Waals surface area contributed by atoms with Gasteiger partial charge in [0.2, 0.25) is 0 Å². The highest BCUT2D eigenvalue weighted by molar-refractivity contribution is 5.45. The normalized spacial score (nSPS) is 27.5. The maximum Gasteiger partial charge on any atom is 0.115 e. The number of benzene rings is 2. The third-order valence-electron chi connectivity index (χ3n) is 4.70. The van der Waals surface area contributed by atoms with Crippen molar-refractivity contribution in [2.45, 2.75) is 37.9 Å². The smallest absolute Gasteiger partial charge is 0.115 e. The Morgan fingerprint density at radius 1 is 0.682 bits per heavy atom. The first-order chi connectivity index (χ1) is 10.4. The molecule has 1 aliphatic rings. The molecule has 2 aromatic carbocycles. The molecule has 0 radical (unpaired) electrons. The summed E-state index contributed by atoms with van der Waals surface area (Å²) in [6, 6.07) is 9.91. The Hall–Kier alpha value is -2.04. The van der Waals surface area contributed by atoms with Crippen molar-refractivity contribution in [2.24, 2.45) is 0 Å². The van der Waals surface area contributed by atoms with Gasteiger partial charge in [-0.2, -0.15) is 0 Å². The minimum absolute atomic E-state index is 0.176. The van der Waals surface area contributed by atoms with Crippen LogP contribution in [0.15, 0.2) is 36.4 Å². The van der Waals surface area contributed by atoms with Crippen molar-refractivity contribution in [2.75, 3.05) is 0 Å². The molecule has 22 heavy (non-hydrogen) atoms. The number of hydrogen-bond donors (Lipinski definition) is 4. The Labute approximate surface area is 129 Å². The zero-order valence-corrected chi connectivity index (χ0v) is 12.6. The van der Waals surface area contributed by atoms with Crippen LogP contribution in [-0.2, 0) is 0 Å². The fourth-order valence-electron chi connectivity index (χ4n) is 3.51. The lowest BCUT2D eigenvalue weighted by atomic mass is 9.62. The molecule has 1 saturated carbocycles. The largest absolute Gasteiger partial charge is 0.508 e. The van der Waals surface area contributed by atoms with E-state index in [1.807, 2.05) is 13.8 Å². The van der Waals surface area contributed by atoms with Crippen LogP contribution in [0.4, 0.5) is 0 Å². The molecule has 0 aliphatic heterocycles. The predicted octanol–water partition coefficient (Wildman–Crippen LogP) is 2.32. The average molecular weight is 300 g/mol. The van der Waals surface area contributed by atoms with Crippen LogP contribution in [0.1, 0.15) is 34.1 Å². The molecule has 0 heterocycles. The average Bonchev–Trinajstić information content (AvgIpc) is 2.45. The van der Waals surface area contributed by atoms with E-state index in [0.717, 1.165) is 22.3 Å². The van der Waals surface area contributed by atoms with Crippen LogP contribution in [0.2, 0.25) is 0 Å². The van der Waals surface area contributed by atoms with Gasteiger partial charge >= 0.3 is 0 Å². The molecule has 1 aliphatic carbocycles. The van der Waals surface area contributed by atoms with Gasteiger partial charge in [-0.25, -0.2) is 0 Å². The van der Waals surface area contributed by atoms with E-state index in [0.29, 0.717) is 0 Å². The molecule has 0 spiro atoms. The van der Waals surface area contributed by atoms with E-state index < -0.39 is 12.2 Å². The lowest BCUT2D eigenvalue weighted by molar-refractivity contribution is -0.0789. The van der Waals surface area contributed by atoms with Gasteiger partial charge in [0.1, 0.15) is 11.5 Å². The van der Waals surface area contributed by atoms with Crippen LogP contribution in [0.25, 0.3) is 0 Å². The maximum absolute atomic E-state index is 10.5. The highest BCUT2D eigenvalue weighted by Crippen LogP contribution is 2.49. The second-order valence-electron chi connectivity index (χ2n) is 6.11. The minimum atomic E-state index is -0.693. The van der Waals surface area contributed by atoms with Crippen LogP contribution in [0.5, 0.6) is 11.5 Å². The molecule has 4 nitrogen and oxygen atoms in total. The highest BCUT2D eigenvalue weighted by Gasteiger charge is 2.51. The second-order valence-corrected chi connectivity index (χ2v) is 6.11. The summed E-state index contributed by atoms with van der Waals surface area (Å²) in [5.74, 6) is -0.372. The minimum Gasteiger partial charge on any atom is -0.508 e. The fourth-order valence-corrected chi connectivity index (χ4v) is 3.51. The van der Waals surface area contributed by atoms with Gasteiger partial charge in [-0.1, -0.05) is 12.1 Å². The van der Waals surface area contributed by atoms with Crippen LogP contribution in [0, 0.1) is 13.8 Å². The zero-order chi connectivity index (χ0) is 16.0. The second kappa shape index (κ2) is 5.30. The van der Waals surface area contributed by atoms with Gasteiger partial charge in [0, 0.05) is 11.8 Å². The van der Waals surface area contributed by atoms with E-state index >= 15 is 0 Å². The van der Waals surface area contributed by atoms with Crippen molar-refractivity contribution in [3.63, 3.8) is 0 Å². The molecule has 4 N–H and O–H groups in total. The number of phenolic OH excluding ortho intramolecular Hbond substituents is 2. The first kappa shape index (κ1) is 14.9. The van der Waals surface area contributed by atoms with Crippen molar-refractivity contribution in [3.05, 3.63) is 58.7 Å². The van der Waals surface area contributed by atoms with Crippen LogP contribution < -0.4 is 0 Å². The van der Waals surface area contributed by atoms with Gasteiger partial charge in [0.05, 0.1) is 12.2 Å². The van der Waals surface area contributed by atoms with E-state index in [2.05, 4.69) is 0 Å². The summed E-state index contributed by atoms with van der Waals surface area (Å²) in [7, 11) is 0. The topological polar surface area (TPSA) is 80.9 Å². The monoisotopic (exact) mass is 300 g/mol. The molecule has 4 heteroatoms. The van der Waals surface area contributed by atoms with Gasteiger partial charge in [-0.3, -0.25) is 0 Å². The molecule has 0 bridgehead atoms. The highest BCUT2D eigenvalue weighted by atomic mass is 16.3. The SMILES string of the molecule is Cc1cc(O)ccc1C1C(O)C(c2ccc(O)cc2C)C1O. The van der Waals surface area contributed by atoms with E-state index in [1.165, 1.54) is 0 Å². The van der Waals surface area contributed by atoms with Crippen molar-refractivity contribution < 1.29 is 20.4 Å². The molecule has 2 aromatic rings.